The molecule has 2 aromatic rings. The van der Waals surface area contributed by atoms with E-state index in [-0.39, 0.29) is 23.9 Å². The number of halogens is 1. The lowest BCUT2D eigenvalue weighted by atomic mass is 10.1. The number of esters is 1. The van der Waals surface area contributed by atoms with Gasteiger partial charge in [0.1, 0.15) is 5.82 Å². The molecule has 0 saturated carbocycles. The van der Waals surface area contributed by atoms with Crippen molar-refractivity contribution in [1.29, 1.82) is 0 Å². The second kappa shape index (κ2) is 7.78. The number of aryl methyl sites for hydroxylation is 2. The van der Waals surface area contributed by atoms with Gasteiger partial charge in [-0.3, -0.25) is 4.68 Å². The summed E-state index contributed by atoms with van der Waals surface area (Å²) >= 11 is 0. The van der Waals surface area contributed by atoms with E-state index in [1.54, 1.807) is 44.9 Å². The van der Waals surface area contributed by atoms with Gasteiger partial charge in [-0.2, -0.15) is 5.10 Å². The third kappa shape index (κ3) is 4.56. The molecule has 0 bridgehead atoms. The Kier molecular flexibility index (Phi) is 5.74. The molecule has 0 unspecified atom stereocenters. The zero-order valence-corrected chi connectivity index (χ0v) is 14.6. The fourth-order valence-electron chi connectivity index (χ4n) is 2.30. The van der Waals surface area contributed by atoms with Crippen LogP contribution >= 0.6 is 0 Å². The van der Waals surface area contributed by atoms with Gasteiger partial charge >= 0.3 is 12.0 Å². The molecule has 7 nitrogen and oxygen atoms in total. The number of carbonyl (C=O) groups excluding carboxylic acids is 2. The number of aromatic nitrogens is 2. The van der Waals surface area contributed by atoms with Crippen LogP contribution in [0.3, 0.4) is 0 Å². The first-order valence-corrected chi connectivity index (χ1v) is 7.85. The number of anilines is 1. The van der Waals surface area contributed by atoms with Crippen LogP contribution in [0.25, 0.3) is 0 Å². The van der Waals surface area contributed by atoms with Crippen LogP contribution in [0.2, 0.25) is 0 Å². The lowest BCUT2D eigenvalue weighted by Gasteiger charge is -2.15. The molecule has 1 heterocycles. The molecule has 1 atom stereocenters. The SMILES string of the molecule is CCOC(=O)c1cc(NC(=O)N[C@@H](C)c2cnn(C)c2)c(F)cc1C. The minimum Gasteiger partial charge on any atom is -0.462 e. The smallest absolute Gasteiger partial charge is 0.338 e. The molecule has 25 heavy (non-hydrogen) atoms. The number of nitrogens with zero attached hydrogens (tertiary/aromatic N) is 2. The van der Waals surface area contributed by atoms with Crippen LogP contribution in [0.15, 0.2) is 24.5 Å². The molecule has 134 valence electrons. The van der Waals surface area contributed by atoms with Crippen LogP contribution in [0.1, 0.15) is 41.4 Å². The summed E-state index contributed by atoms with van der Waals surface area (Å²) in [5.41, 5.74) is 1.36. The number of amides is 2. The van der Waals surface area contributed by atoms with E-state index in [2.05, 4.69) is 15.7 Å². The molecule has 0 spiro atoms. The second-order valence-corrected chi connectivity index (χ2v) is 5.63. The van der Waals surface area contributed by atoms with Crippen LogP contribution in [-0.4, -0.2) is 28.4 Å². The number of urea groups is 1. The number of carbonyl (C=O) groups is 2. The summed E-state index contributed by atoms with van der Waals surface area (Å²) in [6.07, 6.45) is 3.41. The first-order chi connectivity index (χ1) is 11.8. The van der Waals surface area contributed by atoms with Crippen LogP contribution in [0, 0.1) is 12.7 Å². The lowest BCUT2D eigenvalue weighted by molar-refractivity contribution is 0.0525. The summed E-state index contributed by atoms with van der Waals surface area (Å²) in [6.45, 7) is 5.28. The van der Waals surface area contributed by atoms with Gasteiger partial charge in [0.2, 0.25) is 0 Å². The van der Waals surface area contributed by atoms with Gasteiger partial charge in [0, 0.05) is 18.8 Å². The van der Waals surface area contributed by atoms with Gasteiger partial charge in [0.15, 0.2) is 0 Å². The highest BCUT2D eigenvalue weighted by atomic mass is 19.1. The summed E-state index contributed by atoms with van der Waals surface area (Å²) < 4.78 is 20.7. The van der Waals surface area contributed by atoms with Gasteiger partial charge in [-0.05, 0) is 38.5 Å². The maximum Gasteiger partial charge on any atom is 0.338 e. The molecule has 1 aromatic heterocycles. The van der Waals surface area contributed by atoms with Crippen molar-refractivity contribution in [2.75, 3.05) is 11.9 Å². The van der Waals surface area contributed by atoms with Crippen molar-refractivity contribution in [3.05, 3.63) is 47.0 Å². The van der Waals surface area contributed by atoms with Crippen molar-refractivity contribution in [1.82, 2.24) is 15.1 Å². The van der Waals surface area contributed by atoms with E-state index in [0.29, 0.717) is 5.56 Å². The number of hydrogen-bond acceptors (Lipinski definition) is 4. The Balaban J connectivity index is 2.12. The average Bonchev–Trinajstić information content (AvgIpc) is 2.96. The fourth-order valence-corrected chi connectivity index (χ4v) is 2.30. The van der Waals surface area contributed by atoms with Gasteiger partial charge in [-0.25, -0.2) is 14.0 Å². The summed E-state index contributed by atoms with van der Waals surface area (Å²) in [5, 5.41) is 9.14. The maximum atomic E-state index is 14.1. The molecule has 8 heteroatoms. The van der Waals surface area contributed by atoms with E-state index < -0.39 is 17.8 Å². The molecule has 1 aromatic carbocycles. The van der Waals surface area contributed by atoms with Gasteiger partial charge in [-0.15, -0.1) is 0 Å². The van der Waals surface area contributed by atoms with Crippen LogP contribution in [-0.2, 0) is 11.8 Å². The van der Waals surface area contributed by atoms with E-state index in [4.69, 9.17) is 4.74 Å². The molecule has 0 saturated heterocycles. The number of ether oxygens (including phenoxy) is 1. The average molecular weight is 348 g/mol. The minimum absolute atomic E-state index is 0.0930. The maximum absolute atomic E-state index is 14.1. The normalized spacial score (nSPS) is 11.7. The van der Waals surface area contributed by atoms with Crippen molar-refractivity contribution >= 4 is 17.7 Å². The Bertz CT molecular complexity index is 788. The van der Waals surface area contributed by atoms with Crippen molar-refractivity contribution in [2.24, 2.45) is 7.05 Å². The molecule has 2 amide bonds. The summed E-state index contributed by atoms with van der Waals surface area (Å²) in [6, 6.07) is 1.56. The van der Waals surface area contributed by atoms with Crippen molar-refractivity contribution in [3.8, 4) is 0 Å². The third-order valence-electron chi connectivity index (χ3n) is 3.63. The molecule has 0 aliphatic rings. The zero-order chi connectivity index (χ0) is 18.6. The van der Waals surface area contributed by atoms with Gasteiger partial charge < -0.3 is 15.4 Å². The molecule has 2 N–H and O–H groups in total. The lowest BCUT2D eigenvalue weighted by Crippen LogP contribution is -2.31. The molecule has 2 rings (SSSR count). The monoisotopic (exact) mass is 348 g/mol. The standard InChI is InChI=1S/C17H21FN4O3/c1-5-25-16(23)13-7-15(14(18)6-10(13)2)21-17(24)20-11(3)12-8-19-22(4)9-12/h6-9,11H,5H2,1-4H3,(H2,20,21,24)/t11-/m0/s1. The minimum atomic E-state index is -0.630. The first-order valence-electron chi connectivity index (χ1n) is 7.85. The van der Waals surface area contributed by atoms with Crippen molar-refractivity contribution in [2.45, 2.75) is 26.8 Å². The highest BCUT2D eigenvalue weighted by Gasteiger charge is 2.17. The summed E-state index contributed by atoms with van der Waals surface area (Å²) in [4.78, 5) is 24.0. The van der Waals surface area contributed by atoms with Gasteiger partial charge in [0.05, 0.1) is 30.1 Å². The van der Waals surface area contributed by atoms with Crippen molar-refractivity contribution < 1.29 is 18.7 Å². The largest absolute Gasteiger partial charge is 0.462 e. The summed E-state index contributed by atoms with van der Waals surface area (Å²) in [7, 11) is 1.77. The Morgan fingerprint density at radius 1 is 1.40 bits per heavy atom. The molecular weight excluding hydrogens is 327 g/mol. The zero-order valence-electron chi connectivity index (χ0n) is 14.6. The molecule has 0 aliphatic heterocycles. The number of rotatable bonds is 5. The molecular formula is C17H21FN4O3. The first kappa shape index (κ1) is 18.4. The van der Waals surface area contributed by atoms with E-state index in [1.165, 1.54) is 12.1 Å². The molecule has 0 fully saturated rings. The van der Waals surface area contributed by atoms with Crippen LogP contribution in [0.4, 0.5) is 14.9 Å². The number of nitrogens with one attached hydrogen (secondary N) is 2. The second-order valence-electron chi connectivity index (χ2n) is 5.63. The summed E-state index contributed by atoms with van der Waals surface area (Å²) in [5.74, 6) is -1.19. The Morgan fingerprint density at radius 2 is 2.12 bits per heavy atom. The highest BCUT2D eigenvalue weighted by molar-refractivity contribution is 5.95. The topological polar surface area (TPSA) is 85.2 Å². The van der Waals surface area contributed by atoms with Gasteiger partial charge in [0.25, 0.3) is 0 Å². The molecule has 0 aliphatic carbocycles. The fraction of sp³-hybridized carbons (Fsp3) is 0.353. The van der Waals surface area contributed by atoms with E-state index in [1.807, 2.05) is 0 Å². The van der Waals surface area contributed by atoms with Gasteiger partial charge in [-0.1, -0.05) is 0 Å². The Morgan fingerprint density at radius 3 is 2.72 bits per heavy atom. The number of hydrogen-bond donors (Lipinski definition) is 2. The van der Waals surface area contributed by atoms with E-state index >= 15 is 0 Å². The molecule has 0 radical (unpaired) electrons. The third-order valence-corrected chi connectivity index (χ3v) is 3.63. The van der Waals surface area contributed by atoms with Crippen LogP contribution < -0.4 is 10.6 Å². The Labute approximate surface area is 145 Å². The van der Waals surface area contributed by atoms with Crippen molar-refractivity contribution in [3.63, 3.8) is 0 Å². The predicted octanol–water partition coefficient (Wildman–Crippen LogP) is 2.93. The highest BCUT2D eigenvalue weighted by Crippen LogP contribution is 2.21. The predicted molar refractivity (Wildman–Crippen MR) is 90.9 cm³/mol. The quantitative estimate of drug-likeness (QED) is 0.814. The Hall–Kier alpha value is -2.90. The number of benzene rings is 1. The van der Waals surface area contributed by atoms with E-state index in [0.717, 1.165) is 5.56 Å². The van der Waals surface area contributed by atoms with E-state index in [9.17, 15) is 14.0 Å². The van der Waals surface area contributed by atoms with Crippen LogP contribution in [0.5, 0.6) is 0 Å².